The number of aliphatic hydroxyl groups is 4. The van der Waals surface area contributed by atoms with Crippen LogP contribution < -0.4 is 26.7 Å². The van der Waals surface area contributed by atoms with Crippen LogP contribution in [0.5, 0.6) is 0 Å². The molecule has 24 nitrogen and oxygen atoms in total. The van der Waals surface area contributed by atoms with Crippen molar-refractivity contribution < 1.29 is 87.7 Å². The summed E-state index contributed by atoms with van der Waals surface area (Å²) in [6.07, 6.45) is -0.330. The van der Waals surface area contributed by atoms with Crippen LogP contribution in [0.2, 0.25) is 0 Å². The Bertz CT molecular complexity index is 3310. The van der Waals surface area contributed by atoms with Crippen molar-refractivity contribution in [1.29, 1.82) is 0 Å². The van der Waals surface area contributed by atoms with E-state index in [1.54, 1.807) is 24.3 Å². The van der Waals surface area contributed by atoms with Gasteiger partial charge in [-0.25, -0.2) is 8.37 Å². The summed E-state index contributed by atoms with van der Waals surface area (Å²) in [4.78, 5) is 38.2. The number of aliphatic hydroxyl groups excluding tert-OH is 3. The van der Waals surface area contributed by atoms with Crippen molar-refractivity contribution in [3.63, 3.8) is 0 Å². The van der Waals surface area contributed by atoms with Gasteiger partial charge in [0, 0.05) is 59.4 Å². The number of carbonyl (C=O) groups is 2. The molecule has 2 aliphatic heterocycles. The number of unbranched alkanes of at least 4 members (excludes halogenated alkanes) is 2. The van der Waals surface area contributed by atoms with Crippen LogP contribution in [-0.2, 0) is 57.7 Å². The van der Waals surface area contributed by atoms with Gasteiger partial charge in [-0.15, -0.1) is 0 Å². The molecule has 2 fully saturated rings. The maximum Gasteiger partial charge on any atom is 0.397 e. The van der Waals surface area contributed by atoms with Gasteiger partial charge in [-0.3, -0.25) is 23.5 Å². The monoisotopic (exact) mass is 1210 g/mol. The average Bonchev–Trinajstić information content (AvgIpc) is 3.99. The standard InChI is InChI=1S/C56H68N4O20S3/c1-34-12-17-41-45(27-34)78-46-31-39(61)16-19-42(46)49(41)40-18-15-38(30-44(40)54(66)67)60-56(81)59-21-7-3-6-20-57-48(62)33-75-26-25-74-23-8-11-37-28-36(14-13-35-9-4-2-5-10-35)29-43(37)53(65)58-22-24-76-55-51(64)52(80-83(71,72)73)50(63)47(79-55)32-77-82(68,69)70/h2,4-5,8-19,27,30-31,36-37,43,47,50-52,54-55,63-64,66-67H,3,6-7,20-26,28-29,32-33H2,1H3,(H,57,62)(H,58,65)(H2,59,60,81)(H,68,69,70)(H,71,72,73)/b11-8+,14-13+. The summed E-state index contributed by atoms with van der Waals surface area (Å²) < 4.78 is 100. The molecule has 27 heteroatoms. The molecule has 10 N–H and O–H groups in total. The zero-order chi connectivity index (χ0) is 59.7. The summed E-state index contributed by atoms with van der Waals surface area (Å²) in [5, 5.41) is 55.1. The average molecular weight is 1210 g/mol. The van der Waals surface area contributed by atoms with E-state index < -0.39 is 70.3 Å². The normalized spacial score (nSPS) is 21.3. The number of hydrogen-bond acceptors (Lipinski definition) is 19. The van der Waals surface area contributed by atoms with Crippen LogP contribution in [0.1, 0.15) is 55.1 Å². The summed E-state index contributed by atoms with van der Waals surface area (Å²) in [5.41, 5.74) is 4.96. The molecule has 0 spiro atoms. The van der Waals surface area contributed by atoms with E-state index in [0.29, 0.717) is 71.2 Å². The van der Waals surface area contributed by atoms with Gasteiger partial charge in [-0.1, -0.05) is 72.8 Å². The van der Waals surface area contributed by atoms with Crippen molar-refractivity contribution in [2.45, 2.75) is 76.0 Å². The maximum atomic E-state index is 13.6. The number of carbonyl (C=O) groups excluding carboxylic acids is 2. The lowest BCUT2D eigenvalue weighted by Crippen LogP contribution is -2.61. The topological polar surface area (TPSA) is 358 Å². The second kappa shape index (κ2) is 30.6. The zero-order valence-electron chi connectivity index (χ0n) is 45.1. The van der Waals surface area contributed by atoms with Gasteiger partial charge in [-0.05, 0) is 110 Å². The van der Waals surface area contributed by atoms with Gasteiger partial charge in [0.05, 0.1) is 33.0 Å². The van der Waals surface area contributed by atoms with E-state index in [0.717, 1.165) is 29.4 Å². The number of amides is 2. The number of benzene rings is 4. The van der Waals surface area contributed by atoms with Crippen molar-refractivity contribution in [2.75, 3.05) is 64.6 Å². The van der Waals surface area contributed by atoms with Gasteiger partial charge < -0.3 is 65.1 Å². The number of thiocarbonyl (C=S) groups is 1. The molecule has 1 saturated carbocycles. The molecule has 0 radical (unpaired) electrons. The Balaban J connectivity index is 0.781. The lowest BCUT2D eigenvalue weighted by molar-refractivity contribution is -0.295. The molecule has 0 bridgehead atoms. The van der Waals surface area contributed by atoms with Gasteiger partial charge in [-0.2, -0.15) is 16.8 Å². The van der Waals surface area contributed by atoms with E-state index in [1.807, 2.05) is 73.7 Å². The molecular formula is C56H68N4O20S3. The first-order chi connectivity index (χ1) is 39.6. The van der Waals surface area contributed by atoms with Crippen molar-refractivity contribution >= 4 is 72.7 Å². The van der Waals surface area contributed by atoms with E-state index in [9.17, 15) is 56.2 Å². The number of nitrogens with one attached hydrogen (secondary N) is 4. The summed E-state index contributed by atoms with van der Waals surface area (Å²) >= 11 is 5.52. The molecule has 3 aromatic carbocycles. The molecule has 83 heavy (non-hydrogen) atoms. The SMILES string of the molecule is Cc1ccc2c(-c3ccc(NC(=S)NCCCCCNC(=O)COCCOC/C=C/C4CC(/C=C/c5ccccc5)CC4C(=O)NCCOC4OC(COS(=O)(=O)O)C(O)C(OS(=O)(=O)O)C4O)cc3C(O)O)c3ccc(=O)cc-3oc2c1. The molecule has 8 unspecified atom stereocenters. The van der Waals surface area contributed by atoms with Crippen molar-refractivity contribution in [1.82, 2.24) is 16.0 Å². The minimum atomic E-state index is -5.25. The number of hydrogen-bond donors (Lipinski definition) is 10. The molecule has 0 aromatic heterocycles. The van der Waals surface area contributed by atoms with Crippen molar-refractivity contribution in [3.8, 4) is 22.5 Å². The minimum Gasteiger partial charge on any atom is -0.456 e. The van der Waals surface area contributed by atoms with Crippen molar-refractivity contribution in [2.24, 2.45) is 17.8 Å². The van der Waals surface area contributed by atoms with Crippen LogP contribution in [-0.4, -0.2) is 153 Å². The largest absolute Gasteiger partial charge is 0.456 e. The summed E-state index contributed by atoms with van der Waals surface area (Å²) in [7, 11) is -10.3. The quantitative estimate of drug-likeness (QED) is 0.00809. The van der Waals surface area contributed by atoms with E-state index >= 15 is 0 Å². The third kappa shape index (κ3) is 19.7. The second-order valence-corrected chi connectivity index (χ2v) is 22.4. The predicted molar refractivity (Wildman–Crippen MR) is 307 cm³/mol. The first-order valence-corrected chi connectivity index (χ1v) is 29.8. The highest BCUT2D eigenvalue weighted by atomic mass is 32.3. The van der Waals surface area contributed by atoms with Crippen LogP contribution in [0.25, 0.3) is 39.5 Å². The first kappa shape index (κ1) is 64.4. The molecular weight excluding hydrogens is 1140 g/mol. The highest BCUT2D eigenvalue weighted by Gasteiger charge is 2.48. The highest BCUT2D eigenvalue weighted by molar-refractivity contribution is 7.81. The first-order valence-electron chi connectivity index (χ1n) is 26.7. The molecule has 4 aliphatic rings. The van der Waals surface area contributed by atoms with Crippen LogP contribution in [0.3, 0.4) is 0 Å². The second-order valence-electron chi connectivity index (χ2n) is 19.8. The van der Waals surface area contributed by atoms with Gasteiger partial charge >= 0.3 is 20.8 Å². The molecule has 2 amide bonds. The molecule has 450 valence electrons. The van der Waals surface area contributed by atoms with Crippen LogP contribution >= 0.6 is 12.2 Å². The Labute approximate surface area is 485 Å². The maximum absolute atomic E-state index is 13.6. The molecule has 8 atom stereocenters. The zero-order valence-corrected chi connectivity index (χ0v) is 47.6. The summed E-state index contributed by atoms with van der Waals surface area (Å²) in [6.45, 7) is 1.84. The third-order valence-electron chi connectivity index (χ3n) is 13.7. The Hall–Kier alpha value is -6.12. The number of anilines is 1. The smallest absolute Gasteiger partial charge is 0.397 e. The van der Waals surface area contributed by atoms with Crippen molar-refractivity contribution in [3.05, 3.63) is 130 Å². The van der Waals surface area contributed by atoms with Gasteiger partial charge in [0.15, 0.2) is 23.1 Å². The summed E-state index contributed by atoms with van der Waals surface area (Å²) in [5.74, 6) is -0.829. The number of fused-ring (bicyclic) bond motifs is 2. The minimum absolute atomic E-state index is 0.0441. The predicted octanol–water partition coefficient (Wildman–Crippen LogP) is 3.96. The number of aryl methyl sites for hydroxylation is 1. The fraction of sp³-hybridized carbons (Fsp3) is 0.429. The van der Waals surface area contributed by atoms with E-state index in [1.165, 1.54) is 12.1 Å². The number of allylic oxidation sites excluding steroid dienone is 2. The fourth-order valence-corrected chi connectivity index (χ4v) is 10.8. The van der Waals surface area contributed by atoms with E-state index in [-0.39, 0.29) is 74.2 Å². The van der Waals surface area contributed by atoms with Gasteiger partial charge in [0.25, 0.3) is 0 Å². The Morgan fingerprint density at radius 2 is 1.55 bits per heavy atom. The number of rotatable bonds is 29. The molecule has 1 saturated heterocycles. The third-order valence-corrected chi connectivity index (χ3v) is 14.8. The molecule has 2 aliphatic carbocycles. The molecule has 7 rings (SSSR count). The highest BCUT2D eigenvalue weighted by Crippen LogP contribution is 2.43. The Morgan fingerprint density at radius 3 is 2.30 bits per heavy atom. The van der Waals surface area contributed by atoms with Gasteiger partial charge in [0.1, 0.15) is 42.4 Å². The van der Waals surface area contributed by atoms with Crippen LogP contribution in [0.4, 0.5) is 5.69 Å². The van der Waals surface area contributed by atoms with Crippen LogP contribution in [0.15, 0.2) is 112 Å². The molecule has 3 aromatic rings. The van der Waals surface area contributed by atoms with Gasteiger partial charge in [0.2, 0.25) is 11.8 Å². The Kier molecular flexibility index (Phi) is 23.8. The van der Waals surface area contributed by atoms with E-state index in [2.05, 4.69) is 35.7 Å². The van der Waals surface area contributed by atoms with Crippen LogP contribution in [0, 0.1) is 24.7 Å². The lowest BCUT2D eigenvalue weighted by Gasteiger charge is -2.41. The fourth-order valence-electron chi connectivity index (χ4n) is 9.76. The van der Waals surface area contributed by atoms with E-state index in [4.69, 9.17) is 40.1 Å². The molecule has 2 heterocycles. The summed E-state index contributed by atoms with van der Waals surface area (Å²) in [6, 6.07) is 25.1. The lowest BCUT2D eigenvalue weighted by atomic mass is 9.90. The number of ether oxygens (including phenoxy) is 4. The Morgan fingerprint density at radius 1 is 0.807 bits per heavy atom.